The zero-order valence-electron chi connectivity index (χ0n) is 12.3. The summed E-state index contributed by atoms with van der Waals surface area (Å²) in [6.07, 6.45) is 3.07. The summed E-state index contributed by atoms with van der Waals surface area (Å²) in [7, 11) is 3.05. The van der Waals surface area contributed by atoms with E-state index in [0.29, 0.717) is 17.9 Å². The third-order valence-electron chi connectivity index (χ3n) is 2.87. The number of aliphatic carboxylic acids is 1. The fourth-order valence-corrected chi connectivity index (χ4v) is 1.65. The molecule has 112 valence electrons. The van der Waals surface area contributed by atoms with Crippen LogP contribution in [0.15, 0.2) is 47.6 Å². The third-order valence-corrected chi connectivity index (χ3v) is 2.87. The van der Waals surface area contributed by atoms with Crippen LogP contribution in [0.4, 0.5) is 0 Å². The van der Waals surface area contributed by atoms with Crippen molar-refractivity contribution in [2.45, 2.75) is 6.92 Å². The summed E-state index contributed by atoms with van der Waals surface area (Å²) in [5, 5.41) is 9.09. The van der Waals surface area contributed by atoms with Crippen LogP contribution in [0.5, 0.6) is 5.75 Å². The summed E-state index contributed by atoms with van der Waals surface area (Å²) in [4.78, 5) is 23.5. The topological polar surface area (TPSA) is 72.8 Å². The van der Waals surface area contributed by atoms with Crippen molar-refractivity contribution < 1.29 is 24.2 Å². The Bertz CT molecular complexity index is 567. The van der Waals surface area contributed by atoms with Crippen molar-refractivity contribution in [1.29, 1.82) is 0 Å². The molecule has 0 amide bonds. The predicted octanol–water partition coefficient (Wildman–Crippen LogP) is 2.48. The molecule has 0 bridgehead atoms. The van der Waals surface area contributed by atoms with E-state index in [4.69, 9.17) is 14.6 Å². The summed E-state index contributed by atoms with van der Waals surface area (Å²) in [6.45, 7) is 1.70. The number of hydrogen-bond donors (Lipinski definition) is 1. The number of rotatable bonds is 7. The van der Waals surface area contributed by atoms with Crippen LogP contribution in [-0.4, -0.2) is 37.7 Å². The molecule has 5 nitrogen and oxygen atoms in total. The second kappa shape index (κ2) is 8.01. The molecule has 0 aliphatic carbocycles. The van der Waals surface area contributed by atoms with Gasteiger partial charge in [0.2, 0.25) is 0 Å². The van der Waals surface area contributed by atoms with Gasteiger partial charge in [0.1, 0.15) is 5.75 Å². The molecule has 1 rings (SSSR count). The van der Waals surface area contributed by atoms with Gasteiger partial charge in [0, 0.05) is 23.8 Å². The first-order valence-corrected chi connectivity index (χ1v) is 6.29. The van der Waals surface area contributed by atoms with Crippen molar-refractivity contribution in [2.75, 3.05) is 20.8 Å². The van der Waals surface area contributed by atoms with Crippen molar-refractivity contribution >= 4 is 11.8 Å². The second-order valence-electron chi connectivity index (χ2n) is 4.26. The van der Waals surface area contributed by atoms with Crippen LogP contribution in [0.3, 0.4) is 0 Å². The van der Waals surface area contributed by atoms with Gasteiger partial charge in [-0.1, -0.05) is 12.2 Å². The minimum atomic E-state index is -1.13. The number of methoxy groups -OCH3 is 2. The van der Waals surface area contributed by atoms with E-state index in [9.17, 15) is 9.59 Å². The Morgan fingerprint density at radius 2 is 1.81 bits per heavy atom. The van der Waals surface area contributed by atoms with Crippen LogP contribution in [0.1, 0.15) is 17.3 Å². The van der Waals surface area contributed by atoms with E-state index in [0.717, 1.165) is 0 Å². The SMILES string of the molecule is COC/C=C\C(C(=O)c1ccc(OC)cc1)=C(/C)C(=O)O. The Hall–Kier alpha value is -2.40. The molecule has 1 aromatic carbocycles. The molecule has 21 heavy (non-hydrogen) atoms. The van der Waals surface area contributed by atoms with Gasteiger partial charge in [0.25, 0.3) is 0 Å². The molecule has 1 N–H and O–H groups in total. The maximum absolute atomic E-state index is 12.4. The highest BCUT2D eigenvalue weighted by atomic mass is 16.5. The summed E-state index contributed by atoms with van der Waals surface area (Å²) < 4.78 is 9.89. The molecule has 1 aromatic rings. The number of carbonyl (C=O) groups excluding carboxylic acids is 1. The molecule has 0 aromatic heterocycles. The number of benzene rings is 1. The lowest BCUT2D eigenvalue weighted by Crippen LogP contribution is -2.09. The number of carboxylic acid groups (broad SMARTS) is 1. The fraction of sp³-hybridized carbons (Fsp3) is 0.250. The van der Waals surface area contributed by atoms with Gasteiger partial charge < -0.3 is 14.6 Å². The molecule has 0 fully saturated rings. The molecular formula is C16H18O5. The molecule has 0 heterocycles. The smallest absolute Gasteiger partial charge is 0.332 e. The van der Waals surface area contributed by atoms with Gasteiger partial charge >= 0.3 is 5.97 Å². The molecule has 0 radical (unpaired) electrons. The number of carbonyl (C=O) groups is 2. The van der Waals surface area contributed by atoms with Crippen molar-refractivity contribution in [3.63, 3.8) is 0 Å². The van der Waals surface area contributed by atoms with E-state index >= 15 is 0 Å². The Morgan fingerprint density at radius 3 is 2.29 bits per heavy atom. The lowest BCUT2D eigenvalue weighted by molar-refractivity contribution is -0.132. The van der Waals surface area contributed by atoms with Crippen LogP contribution < -0.4 is 4.74 Å². The molecule has 0 spiro atoms. The van der Waals surface area contributed by atoms with Crippen LogP contribution in [0.2, 0.25) is 0 Å². The first-order chi connectivity index (χ1) is 10.0. The lowest BCUT2D eigenvalue weighted by atomic mass is 9.98. The van der Waals surface area contributed by atoms with E-state index in [1.807, 2.05) is 0 Å². The highest BCUT2D eigenvalue weighted by molar-refractivity contribution is 6.14. The van der Waals surface area contributed by atoms with Crippen molar-refractivity contribution in [3.05, 3.63) is 53.1 Å². The highest BCUT2D eigenvalue weighted by Gasteiger charge is 2.16. The summed E-state index contributed by atoms with van der Waals surface area (Å²) in [5.41, 5.74) is 0.515. The molecule has 0 atom stereocenters. The second-order valence-corrected chi connectivity index (χ2v) is 4.26. The molecule has 0 saturated carbocycles. The normalized spacial score (nSPS) is 12.1. The number of ketones is 1. The quantitative estimate of drug-likeness (QED) is 0.474. The zero-order valence-corrected chi connectivity index (χ0v) is 12.3. The van der Waals surface area contributed by atoms with Gasteiger partial charge in [-0.25, -0.2) is 4.79 Å². The van der Waals surface area contributed by atoms with Crippen LogP contribution >= 0.6 is 0 Å². The first-order valence-electron chi connectivity index (χ1n) is 6.29. The maximum atomic E-state index is 12.4. The molecule has 0 saturated heterocycles. The molecule has 0 aliphatic rings. The van der Waals surface area contributed by atoms with Gasteiger partial charge in [-0.05, 0) is 31.2 Å². The minimum Gasteiger partial charge on any atom is -0.497 e. The van der Waals surface area contributed by atoms with Crippen molar-refractivity contribution in [3.8, 4) is 5.75 Å². The average Bonchev–Trinajstić information content (AvgIpc) is 2.50. The number of Topliss-reactive ketones (excluding diaryl/α,β-unsaturated/α-hetero) is 1. The van der Waals surface area contributed by atoms with Crippen molar-refractivity contribution in [1.82, 2.24) is 0 Å². The average molecular weight is 290 g/mol. The molecule has 0 unspecified atom stereocenters. The Morgan fingerprint density at radius 1 is 1.19 bits per heavy atom. The fourth-order valence-electron chi connectivity index (χ4n) is 1.65. The monoisotopic (exact) mass is 290 g/mol. The number of ether oxygens (including phenoxy) is 2. The minimum absolute atomic E-state index is 0.0110. The predicted molar refractivity (Wildman–Crippen MR) is 78.7 cm³/mol. The van der Waals surface area contributed by atoms with E-state index < -0.39 is 5.97 Å². The van der Waals surface area contributed by atoms with Gasteiger partial charge in [-0.3, -0.25) is 4.79 Å². The van der Waals surface area contributed by atoms with Crippen LogP contribution in [0.25, 0.3) is 0 Å². The van der Waals surface area contributed by atoms with E-state index in [1.165, 1.54) is 27.2 Å². The first kappa shape index (κ1) is 16.7. The highest BCUT2D eigenvalue weighted by Crippen LogP contribution is 2.17. The zero-order chi connectivity index (χ0) is 15.8. The number of hydrogen-bond acceptors (Lipinski definition) is 4. The Labute approximate surface area is 123 Å². The standard InChI is InChI=1S/C16H18O5/c1-11(16(18)19)14(5-4-10-20-2)15(17)12-6-8-13(21-3)9-7-12/h4-9H,10H2,1-3H3,(H,18,19)/b5-4-,14-11-. The largest absolute Gasteiger partial charge is 0.497 e. The summed E-state index contributed by atoms with van der Waals surface area (Å²) in [6, 6.07) is 6.50. The lowest BCUT2D eigenvalue weighted by Gasteiger charge is -2.06. The van der Waals surface area contributed by atoms with E-state index in [2.05, 4.69) is 0 Å². The van der Waals surface area contributed by atoms with Gasteiger partial charge in [-0.15, -0.1) is 0 Å². The van der Waals surface area contributed by atoms with Gasteiger partial charge in [-0.2, -0.15) is 0 Å². The van der Waals surface area contributed by atoms with Gasteiger partial charge in [0.05, 0.1) is 13.7 Å². The van der Waals surface area contributed by atoms with Gasteiger partial charge in [0.15, 0.2) is 5.78 Å². The summed E-state index contributed by atoms with van der Waals surface area (Å²) >= 11 is 0. The number of allylic oxidation sites excluding steroid dienone is 2. The maximum Gasteiger partial charge on any atom is 0.332 e. The van der Waals surface area contributed by atoms with E-state index in [1.54, 1.807) is 30.3 Å². The van der Waals surface area contributed by atoms with Crippen LogP contribution in [0, 0.1) is 0 Å². The molecule has 0 aliphatic heterocycles. The van der Waals surface area contributed by atoms with Crippen LogP contribution in [-0.2, 0) is 9.53 Å². The molecular weight excluding hydrogens is 272 g/mol. The van der Waals surface area contributed by atoms with Crippen molar-refractivity contribution in [2.24, 2.45) is 0 Å². The third kappa shape index (κ3) is 4.57. The van der Waals surface area contributed by atoms with E-state index in [-0.39, 0.29) is 16.9 Å². The Kier molecular flexibility index (Phi) is 6.36. The Balaban J connectivity index is 3.15. The molecule has 5 heteroatoms. The summed E-state index contributed by atoms with van der Waals surface area (Å²) in [5.74, 6) is -0.860. The number of carboxylic acids is 1.